The standard InChI is InChI=1S/C14H10F3N3O/c1-8-5-10(6-18)3-4-12(8)20-13(14(15,16)17)11(7-19-20)9(2)21/h3-5,7H,1-2H3. The van der Waals surface area contributed by atoms with Crippen molar-refractivity contribution in [1.82, 2.24) is 9.78 Å². The maximum atomic E-state index is 13.2. The lowest BCUT2D eigenvalue weighted by molar-refractivity contribution is -0.143. The average molecular weight is 293 g/mol. The van der Waals surface area contributed by atoms with Gasteiger partial charge < -0.3 is 0 Å². The molecule has 0 amide bonds. The molecule has 1 heterocycles. The minimum Gasteiger partial charge on any atom is -0.294 e. The van der Waals surface area contributed by atoms with E-state index in [0.717, 1.165) is 13.1 Å². The first kappa shape index (κ1) is 14.8. The van der Waals surface area contributed by atoms with Crippen LogP contribution in [0.3, 0.4) is 0 Å². The normalized spacial score (nSPS) is 11.2. The monoisotopic (exact) mass is 293 g/mol. The maximum absolute atomic E-state index is 13.2. The van der Waals surface area contributed by atoms with Crippen molar-refractivity contribution in [3.8, 4) is 11.8 Å². The number of ketones is 1. The van der Waals surface area contributed by atoms with Gasteiger partial charge in [0.15, 0.2) is 11.5 Å². The van der Waals surface area contributed by atoms with Crippen LogP contribution in [0.4, 0.5) is 13.2 Å². The Labute approximate surface area is 118 Å². The third-order valence-electron chi connectivity index (χ3n) is 2.97. The number of alkyl halides is 3. The van der Waals surface area contributed by atoms with Crippen molar-refractivity contribution >= 4 is 5.78 Å². The Balaban J connectivity index is 2.71. The Hall–Kier alpha value is -2.62. The van der Waals surface area contributed by atoms with Gasteiger partial charge in [0.05, 0.1) is 29.1 Å². The summed E-state index contributed by atoms with van der Waals surface area (Å²) >= 11 is 0. The fourth-order valence-electron chi connectivity index (χ4n) is 2.02. The molecule has 0 aliphatic carbocycles. The molecule has 0 aliphatic heterocycles. The summed E-state index contributed by atoms with van der Waals surface area (Å²) in [6.07, 6.45) is -3.80. The van der Waals surface area contributed by atoms with Crippen molar-refractivity contribution in [2.75, 3.05) is 0 Å². The zero-order valence-electron chi connectivity index (χ0n) is 11.2. The van der Waals surface area contributed by atoms with E-state index in [1.54, 1.807) is 6.92 Å². The summed E-state index contributed by atoms with van der Waals surface area (Å²) in [5, 5.41) is 12.5. The van der Waals surface area contributed by atoms with E-state index >= 15 is 0 Å². The van der Waals surface area contributed by atoms with Crippen LogP contribution in [-0.2, 0) is 6.18 Å². The van der Waals surface area contributed by atoms with E-state index in [2.05, 4.69) is 5.10 Å². The molecule has 4 nitrogen and oxygen atoms in total. The summed E-state index contributed by atoms with van der Waals surface area (Å²) in [6.45, 7) is 2.63. The van der Waals surface area contributed by atoms with Crippen LogP contribution < -0.4 is 0 Å². The topological polar surface area (TPSA) is 58.7 Å². The van der Waals surface area contributed by atoms with Gasteiger partial charge in [-0.05, 0) is 37.6 Å². The molecule has 2 aromatic rings. The van der Waals surface area contributed by atoms with Gasteiger partial charge in [0.25, 0.3) is 0 Å². The Morgan fingerprint density at radius 1 is 1.38 bits per heavy atom. The number of hydrogen-bond acceptors (Lipinski definition) is 3. The van der Waals surface area contributed by atoms with E-state index in [4.69, 9.17) is 5.26 Å². The molecule has 0 radical (unpaired) electrons. The molecule has 0 aliphatic rings. The lowest BCUT2D eigenvalue weighted by Crippen LogP contribution is -2.17. The van der Waals surface area contributed by atoms with Crippen LogP contribution in [0, 0.1) is 18.3 Å². The number of halogens is 3. The summed E-state index contributed by atoms with van der Waals surface area (Å²) in [5.74, 6) is -0.708. The summed E-state index contributed by atoms with van der Waals surface area (Å²) in [4.78, 5) is 11.3. The lowest BCUT2D eigenvalue weighted by Gasteiger charge is -2.13. The van der Waals surface area contributed by atoms with E-state index < -0.39 is 23.2 Å². The van der Waals surface area contributed by atoms with E-state index in [1.807, 2.05) is 6.07 Å². The van der Waals surface area contributed by atoms with Gasteiger partial charge in [0.1, 0.15) is 0 Å². The summed E-state index contributed by atoms with van der Waals surface area (Å²) in [7, 11) is 0. The molecule has 21 heavy (non-hydrogen) atoms. The number of hydrogen-bond donors (Lipinski definition) is 0. The van der Waals surface area contributed by atoms with Gasteiger partial charge in [-0.1, -0.05) is 0 Å². The highest BCUT2D eigenvalue weighted by atomic mass is 19.4. The highest BCUT2D eigenvalue weighted by molar-refractivity contribution is 5.95. The molecule has 0 unspecified atom stereocenters. The molecule has 1 aromatic carbocycles. The van der Waals surface area contributed by atoms with Gasteiger partial charge in [-0.25, -0.2) is 4.68 Å². The quantitative estimate of drug-likeness (QED) is 0.798. The number of benzene rings is 1. The molecular formula is C14H10F3N3O. The van der Waals surface area contributed by atoms with Crippen LogP contribution in [0.5, 0.6) is 0 Å². The number of aromatic nitrogens is 2. The van der Waals surface area contributed by atoms with Crippen molar-refractivity contribution in [2.45, 2.75) is 20.0 Å². The highest BCUT2D eigenvalue weighted by Gasteiger charge is 2.39. The van der Waals surface area contributed by atoms with Crippen molar-refractivity contribution < 1.29 is 18.0 Å². The molecule has 0 N–H and O–H groups in total. The summed E-state index contributed by atoms with van der Waals surface area (Å²) < 4.78 is 40.3. The number of Topliss-reactive ketones (excluding diaryl/α,β-unsaturated/α-hetero) is 1. The number of carbonyl (C=O) groups is 1. The van der Waals surface area contributed by atoms with Gasteiger partial charge in [0.2, 0.25) is 0 Å². The van der Waals surface area contributed by atoms with Gasteiger partial charge in [0, 0.05) is 0 Å². The third-order valence-corrected chi connectivity index (χ3v) is 2.97. The molecule has 0 fully saturated rings. The maximum Gasteiger partial charge on any atom is 0.434 e. The Kier molecular flexibility index (Phi) is 3.56. The fraction of sp³-hybridized carbons (Fsp3) is 0.214. The van der Waals surface area contributed by atoms with E-state index in [-0.39, 0.29) is 5.69 Å². The zero-order chi connectivity index (χ0) is 15.8. The van der Waals surface area contributed by atoms with Crippen LogP contribution in [0.2, 0.25) is 0 Å². The number of nitriles is 1. The van der Waals surface area contributed by atoms with Gasteiger partial charge in [-0.3, -0.25) is 4.79 Å². The molecule has 0 atom stereocenters. The SMILES string of the molecule is CC(=O)c1cnn(-c2ccc(C#N)cc2C)c1C(F)(F)F. The van der Waals surface area contributed by atoms with Crippen LogP contribution in [0.15, 0.2) is 24.4 Å². The van der Waals surface area contributed by atoms with Gasteiger partial charge in [-0.15, -0.1) is 0 Å². The summed E-state index contributed by atoms with van der Waals surface area (Å²) in [6, 6.07) is 6.15. The Morgan fingerprint density at radius 2 is 2.05 bits per heavy atom. The second-order valence-corrected chi connectivity index (χ2v) is 4.49. The molecular weight excluding hydrogens is 283 g/mol. The highest BCUT2D eigenvalue weighted by Crippen LogP contribution is 2.34. The third kappa shape index (κ3) is 2.65. The average Bonchev–Trinajstić information content (AvgIpc) is 2.83. The van der Waals surface area contributed by atoms with Crippen molar-refractivity contribution in [3.05, 3.63) is 46.8 Å². The smallest absolute Gasteiger partial charge is 0.294 e. The molecule has 7 heteroatoms. The van der Waals surface area contributed by atoms with E-state index in [1.165, 1.54) is 18.2 Å². The first-order valence-corrected chi connectivity index (χ1v) is 5.93. The molecule has 108 valence electrons. The number of carbonyl (C=O) groups excluding carboxylic acids is 1. The minimum atomic E-state index is -4.71. The van der Waals surface area contributed by atoms with E-state index in [0.29, 0.717) is 15.8 Å². The number of rotatable bonds is 2. The molecule has 1 aromatic heterocycles. The first-order valence-electron chi connectivity index (χ1n) is 5.93. The predicted octanol–water partition coefficient (Wildman–Crippen LogP) is 3.27. The first-order chi connectivity index (χ1) is 9.75. The Morgan fingerprint density at radius 3 is 2.52 bits per heavy atom. The lowest BCUT2D eigenvalue weighted by atomic mass is 10.1. The fourth-order valence-corrected chi connectivity index (χ4v) is 2.02. The number of aryl methyl sites for hydroxylation is 1. The zero-order valence-corrected chi connectivity index (χ0v) is 11.2. The van der Waals surface area contributed by atoms with Gasteiger partial charge in [-0.2, -0.15) is 23.5 Å². The van der Waals surface area contributed by atoms with E-state index in [9.17, 15) is 18.0 Å². The molecule has 0 saturated heterocycles. The second kappa shape index (κ2) is 5.05. The van der Waals surface area contributed by atoms with Crippen LogP contribution >= 0.6 is 0 Å². The van der Waals surface area contributed by atoms with Crippen molar-refractivity contribution in [3.63, 3.8) is 0 Å². The molecule has 2 rings (SSSR count). The molecule has 0 bridgehead atoms. The van der Waals surface area contributed by atoms with Crippen molar-refractivity contribution in [1.29, 1.82) is 5.26 Å². The molecule has 0 saturated carbocycles. The van der Waals surface area contributed by atoms with Crippen molar-refractivity contribution in [2.24, 2.45) is 0 Å². The molecule has 0 spiro atoms. The minimum absolute atomic E-state index is 0.175. The Bertz CT molecular complexity index is 754. The largest absolute Gasteiger partial charge is 0.434 e. The van der Waals surface area contributed by atoms with Crippen LogP contribution in [0.1, 0.15) is 34.1 Å². The van der Waals surface area contributed by atoms with Gasteiger partial charge >= 0.3 is 6.18 Å². The van der Waals surface area contributed by atoms with Crippen LogP contribution in [0.25, 0.3) is 5.69 Å². The predicted molar refractivity (Wildman–Crippen MR) is 68.0 cm³/mol. The van der Waals surface area contributed by atoms with Crippen LogP contribution in [-0.4, -0.2) is 15.6 Å². The second-order valence-electron chi connectivity index (χ2n) is 4.49. The summed E-state index contributed by atoms with van der Waals surface area (Å²) in [5.41, 5.74) is -0.621. The number of nitrogens with zero attached hydrogens (tertiary/aromatic N) is 3.